The fourth-order valence-corrected chi connectivity index (χ4v) is 3.53. The third-order valence-electron chi connectivity index (χ3n) is 3.93. The van der Waals surface area contributed by atoms with Gasteiger partial charge in [0.05, 0.1) is 11.4 Å². The van der Waals surface area contributed by atoms with E-state index in [0.717, 1.165) is 46.0 Å². The van der Waals surface area contributed by atoms with Crippen molar-refractivity contribution in [1.29, 1.82) is 0 Å². The third kappa shape index (κ3) is 4.86. The second-order valence-corrected chi connectivity index (χ2v) is 7.67. The van der Waals surface area contributed by atoms with Crippen molar-refractivity contribution in [1.82, 2.24) is 9.55 Å². The molecule has 130 valence electrons. The number of benzene rings is 1. The number of nitrogens with one attached hydrogen (secondary N) is 1. The molecule has 1 aromatic carbocycles. The molecule has 0 bridgehead atoms. The quantitative estimate of drug-likeness (QED) is 0.646. The van der Waals surface area contributed by atoms with E-state index in [0.29, 0.717) is 5.75 Å². The molecule has 1 N–H and O–H groups in total. The van der Waals surface area contributed by atoms with E-state index >= 15 is 0 Å². The summed E-state index contributed by atoms with van der Waals surface area (Å²) in [7, 11) is 0. The number of carbonyl (C=O) groups is 1. The molecule has 0 saturated heterocycles. The predicted molar refractivity (Wildman–Crippen MR) is 105 cm³/mol. The summed E-state index contributed by atoms with van der Waals surface area (Å²) in [6, 6.07) is 5.81. The third-order valence-corrected chi connectivity index (χ3v) is 5.80. The first-order valence-electron chi connectivity index (χ1n) is 8.15. The molecule has 0 unspecified atom stereocenters. The van der Waals surface area contributed by atoms with Gasteiger partial charge in [-0.2, -0.15) is 0 Å². The maximum Gasteiger partial charge on any atom is 0.234 e. The Balaban J connectivity index is 1.98. The number of imidazole rings is 1. The number of anilines is 1. The van der Waals surface area contributed by atoms with Crippen molar-refractivity contribution in [3.05, 3.63) is 39.6 Å². The minimum atomic E-state index is -0.0120. The first-order valence-corrected chi connectivity index (χ1v) is 9.92. The predicted octanol–water partition coefficient (Wildman–Crippen LogP) is 5.10. The topological polar surface area (TPSA) is 46.9 Å². The SMILES string of the molecule is CCCCn1c(SCC(=O)Nc2ccc(Br)c(C)c2)nc(C)c1C. The highest BCUT2D eigenvalue weighted by molar-refractivity contribution is 9.10. The van der Waals surface area contributed by atoms with Gasteiger partial charge in [-0.25, -0.2) is 4.98 Å². The summed E-state index contributed by atoms with van der Waals surface area (Å²) in [5, 5.41) is 3.88. The molecule has 2 aromatic rings. The van der Waals surface area contributed by atoms with Crippen LogP contribution >= 0.6 is 27.7 Å². The lowest BCUT2D eigenvalue weighted by Crippen LogP contribution is -2.15. The Morgan fingerprint density at radius 1 is 1.33 bits per heavy atom. The van der Waals surface area contributed by atoms with Gasteiger partial charge in [0.2, 0.25) is 5.91 Å². The number of hydrogen-bond donors (Lipinski definition) is 1. The van der Waals surface area contributed by atoms with Crippen LogP contribution in [0.4, 0.5) is 5.69 Å². The maximum absolute atomic E-state index is 12.2. The number of rotatable bonds is 7. The van der Waals surface area contributed by atoms with Gasteiger partial charge in [0.25, 0.3) is 0 Å². The molecule has 6 heteroatoms. The fourth-order valence-electron chi connectivity index (χ4n) is 2.36. The second kappa shape index (κ2) is 8.72. The molecule has 0 fully saturated rings. The lowest BCUT2D eigenvalue weighted by atomic mass is 10.2. The van der Waals surface area contributed by atoms with E-state index in [-0.39, 0.29) is 5.91 Å². The molecule has 0 aliphatic carbocycles. The van der Waals surface area contributed by atoms with Gasteiger partial charge in [0, 0.05) is 22.4 Å². The number of hydrogen-bond acceptors (Lipinski definition) is 3. The van der Waals surface area contributed by atoms with Crippen molar-refractivity contribution in [3.8, 4) is 0 Å². The summed E-state index contributed by atoms with van der Waals surface area (Å²) in [6.07, 6.45) is 2.26. The molecule has 1 heterocycles. The molecule has 2 rings (SSSR count). The molecule has 0 aliphatic heterocycles. The van der Waals surface area contributed by atoms with Crippen LogP contribution in [0.3, 0.4) is 0 Å². The zero-order valence-electron chi connectivity index (χ0n) is 14.6. The van der Waals surface area contributed by atoms with Crippen LogP contribution in [-0.4, -0.2) is 21.2 Å². The number of unbranched alkanes of at least 4 members (excludes halogenated alkanes) is 1. The molecule has 1 amide bonds. The molecule has 1 aromatic heterocycles. The van der Waals surface area contributed by atoms with Crippen molar-refractivity contribution in [2.75, 3.05) is 11.1 Å². The Labute approximate surface area is 156 Å². The van der Waals surface area contributed by atoms with Crippen LogP contribution in [0.1, 0.15) is 36.7 Å². The molecular formula is C18H24BrN3OS. The molecule has 0 atom stereocenters. The van der Waals surface area contributed by atoms with Crippen LogP contribution in [0.15, 0.2) is 27.8 Å². The first-order chi connectivity index (χ1) is 11.4. The monoisotopic (exact) mass is 409 g/mol. The second-order valence-electron chi connectivity index (χ2n) is 5.87. The highest BCUT2D eigenvalue weighted by Crippen LogP contribution is 2.23. The van der Waals surface area contributed by atoms with Gasteiger partial charge in [-0.05, 0) is 51.0 Å². The van der Waals surface area contributed by atoms with Gasteiger partial charge >= 0.3 is 0 Å². The smallest absolute Gasteiger partial charge is 0.234 e. The van der Waals surface area contributed by atoms with E-state index in [1.165, 1.54) is 17.5 Å². The van der Waals surface area contributed by atoms with Crippen LogP contribution in [-0.2, 0) is 11.3 Å². The number of aryl methyl sites for hydroxylation is 2. The lowest BCUT2D eigenvalue weighted by molar-refractivity contribution is -0.113. The van der Waals surface area contributed by atoms with Crippen molar-refractivity contribution >= 4 is 39.3 Å². The average Bonchev–Trinajstić information content (AvgIpc) is 2.81. The Morgan fingerprint density at radius 3 is 2.75 bits per heavy atom. The molecule has 24 heavy (non-hydrogen) atoms. The summed E-state index contributed by atoms with van der Waals surface area (Å²) >= 11 is 4.96. The zero-order valence-corrected chi connectivity index (χ0v) is 17.1. The maximum atomic E-state index is 12.2. The van der Waals surface area contributed by atoms with Crippen molar-refractivity contribution in [2.24, 2.45) is 0 Å². The number of halogens is 1. The molecule has 0 aliphatic rings. The molecule has 0 spiro atoms. The Kier molecular flexibility index (Phi) is 6.92. The van der Waals surface area contributed by atoms with Crippen LogP contribution in [0, 0.1) is 20.8 Å². The molecule has 0 radical (unpaired) electrons. The van der Waals surface area contributed by atoms with Crippen LogP contribution in [0.25, 0.3) is 0 Å². The largest absolute Gasteiger partial charge is 0.325 e. The van der Waals surface area contributed by atoms with Crippen LogP contribution in [0.5, 0.6) is 0 Å². The minimum Gasteiger partial charge on any atom is -0.325 e. The summed E-state index contributed by atoms with van der Waals surface area (Å²) in [6.45, 7) is 9.25. The van der Waals surface area contributed by atoms with E-state index in [1.807, 2.05) is 32.0 Å². The minimum absolute atomic E-state index is 0.0120. The summed E-state index contributed by atoms with van der Waals surface area (Å²) in [5.41, 5.74) is 4.15. The van der Waals surface area contributed by atoms with Crippen LogP contribution in [0.2, 0.25) is 0 Å². The van der Waals surface area contributed by atoms with E-state index < -0.39 is 0 Å². The molecule has 4 nitrogen and oxygen atoms in total. The van der Waals surface area contributed by atoms with Gasteiger partial charge in [-0.3, -0.25) is 4.79 Å². The van der Waals surface area contributed by atoms with Crippen LogP contribution < -0.4 is 5.32 Å². The number of carbonyl (C=O) groups excluding carboxylic acids is 1. The average molecular weight is 410 g/mol. The zero-order chi connectivity index (χ0) is 17.7. The Bertz CT molecular complexity index is 727. The summed E-state index contributed by atoms with van der Waals surface area (Å²) in [5.74, 6) is 0.346. The van der Waals surface area contributed by atoms with E-state index in [4.69, 9.17) is 0 Å². The lowest BCUT2D eigenvalue weighted by Gasteiger charge is -2.10. The fraction of sp³-hybridized carbons (Fsp3) is 0.444. The normalized spacial score (nSPS) is 10.9. The van der Waals surface area contributed by atoms with Crippen molar-refractivity contribution in [3.63, 3.8) is 0 Å². The van der Waals surface area contributed by atoms with Gasteiger partial charge in [-0.1, -0.05) is 41.0 Å². The number of thioether (sulfide) groups is 1. The van der Waals surface area contributed by atoms with Crippen molar-refractivity contribution < 1.29 is 4.79 Å². The Hall–Kier alpha value is -1.27. The standard InChI is InChI=1S/C18H24BrN3OS/c1-5-6-9-22-14(4)13(3)20-18(22)24-11-17(23)21-15-7-8-16(19)12(2)10-15/h7-8,10H,5-6,9,11H2,1-4H3,(H,21,23). The highest BCUT2D eigenvalue weighted by atomic mass is 79.9. The van der Waals surface area contributed by atoms with E-state index in [1.54, 1.807) is 0 Å². The van der Waals surface area contributed by atoms with Gasteiger partial charge < -0.3 is 9.88 Å². The van der Waals surface area contributed by atoms with Gasteiger partial charge in [-0.15, -0.1) is 0 Å². The molecular weight excluding hydrogens is 386 g/mol. The van der Waals surface area contributed by atoms with Gasteiger partial charge in [0.1, 0.15) is 0 Å². The summed E-state index contributed by atoms with van der Waals surface area (Å²) < 4.78 is 3.26. The van der Waals surface area contributed by atoms with E-state index in [9.17, 15) is 4.79 Å². The number of aromatic nitrogens is 2. The number of nitrogens with zero attached hydrogens (tertiary/aromatic N) is 2. The molecule has 0 saturated carbocycles. The Morgan fingerprint density at radius 2 is 2.08 bits per heavy atom. The number of amides is 1. The van der Waals surface area contributed by atoms with Crippen molar-refractivity contribution in [2.45, 2.75) is 52.2 Å². The summed E-state index contributed by atoms with van der Waals surface area (Å²) in [4.78, 5) is 16.8. The van der Waals surface area contributed by atoms with Gasteiger partial charge in [0.15, 0.2) is 5.16 Å². The van der Waals surface area contributed by atoms with E-state index in [2.05, 4.69) is 44.6 Å². The highest BCUT2D eigenvalue weighted by Gasteiger charge is 2.13. The first kappa shape index (κ1) is 19.1.